The van der Waals surface area contributed by atoms with Crippen LogP contribution in [0.25, 0.3) is 0 Å². The molecule has 7 nitrogen and oxygen atoms in total. The Bertz CT molecular complexity index is 1080. The molecule has 0 aliphatic heterocycles. The Morgan fingerprint density at radius 2 is 1.69 bits per heavy atom. The van der Waals surface area contributed by atoms with Gasteiger partial charge in [0.1, 0.15) is 4.64 Å². The summed E-state index contributed by atoms with van der Waals surface area (Å²) >= 11 is 6.59. The van der Waals surface area contributed by atoms with Crippen LogP contribution in [0.15, 0.2) is 53.8 Å². The average molecular weight is 426 g/mol. The first-order valence-corrected chi connectivity index (χ1v) is 10.1. The van der Waals surface area contributed by atoms with Crippen molar-refractivity contribution in [3.63, 3.8) is 0 Å². The minimum atomic E-state index is -0.485. The predicted molar refractivity (Wildman–Crippen MR) is 114 cm³/mol. The van der Waals surface area contributed by atoms with Crippen molar-refractivity contribution in [2.45, 2.75) is 24.8 Å². The first kappa shape index (κ1) is 20.7. The third-order valence-electron chi connectivity index (χ3n) is 3.90. The molecule has 0 spiro atoms. The number of H-pyrrole nitrogens is 1. The molecule has 0 fully saturated rings. The smallest absolute Gasteiger partial charge is 0.272 e. The summed E-state index contributed by atoms with van der Waals surface area (Å²) in [5.41, 5.74) is 8.37. The third-order valence-corrected chi connectivity index (χ3v) is 5.15. The standard InChI is InChI=1S/C20H19N5O2S2/c1-12-10-13(2)23-20(22-12)29-11-14-5-7-15(8-6-14)17(26)24-25-18(27)16-4-3-9-21-19(16)28/h3-10H,11H2,1-2H3,(H,21,28)(H,24,26)(H,25,27). The van der Waals surface area contributed by atoms with E-state index in [1.807, 2.05) is 32.0 Å². The average Bonchev–Trinajstić information content (AvgIpc) is 2.70. The van der Waals surface area contributed by atoms with E-state index in [0.717, 1.165) is 22.1 Å². The molecule has 3 rings (SSSR count). The van der Waals surface area contributed by atoms with Crippen LogP contribution in [0.5, 0.6) is 0 Å². The molecule has 2 aromatic heterocycles. The zero-order valence-corrected chi connectivity index (χ0v) is 17.5. The summed E-state index contributed by atoms with van der Waals surface area (Å²) in [7, 11) is 0. The van der Waals surface area contributed by atoms with E-state index < -0.39 is 11.8 Å². The van der Waals surface area contributed by atoms with Crippen molar-refractivity contribution in [2.75, 3.05) is 0 Å². The van der Waals surface area contributed by atoms with Crippen LogP contribution in [0.4, 0.5) is 0 Å². The van der Waals surface area contributed by atoms with E-state index in [-0.39, 0.29) is 5.56 Å². The number of pyridine rings is 1. The molecule has 0 saturated heterocycles. The third kappa shape index (κ3) is 5.72. The Balaban J connectivity index is 1.55. The number of amides is 2. The predicted octanol–water partition coefficient (Wildman–Crippen LogP) is 3.52. The summed E-state index contributed by atoms with van der Waals surface area (Å²) in [5.74, 6) is -0.212. The van der Waals surface area contributed by atoms with Gasteiger partial charge in [-0.25, -0.2) is 9.97 Å². The summed E-state index contributed by atoms with van der Waals surface area (Å²) in [6, 6.07) is 12.3. The Morgan fingerprint density at radius 3 is 2.34 bits per heavy atom. The van der Waals surface area contributed by atoms with E-state index in [9.17, 15) is 9.59 Å². The molecule has 3 aromatic rings. The van der Waals surface area contributed by atoms with E-state index in [1.54, 1.807) is 30.5 Å². The monoisotopic (exact) mass is 425 g/mol. The van der Waals surface area contributed by atoms with Crippen molar-refractivity contribution in [3.8, 4) is 0 Å². The molecule has 2 heterocycles. The van der Waals surface area contributed by atoms with Gasteiger partial charge in [-0.15, -0.1) is 0 Å². The molecule has 0 saturated carbocycles. The van der Waals surface area contributed by atoms with Crippen LogP contribution >= 0.6 is 24.0 Å². The fourth-order valence-electron chi connectivity index (χ4n) is 2.51. The van der Waals surface area contributed by atoms with Crippen molar-refractivity contribution in [1.29, 1.82) is 0 Å². The number of carbonyl (C=O) groups is 2. The lowest BCUT2D eigenvalue weighted by atomic mass is 10.1. The van der Waals surface area contributed by atoms with Crippen molar-refractivity contribution in [3.05, 3.63) is 81.4 Å². The zero-order valence-electron chi connectivity index (χ0n) is 15.9. The van der Waals surface area contributed by atoms with E-state index in [2.05, 4.69) is 25.8 Å². The summed E-state index contributed by atoms with van der Waals surface area (Å²) in [6.45, 7) is 3.88. The van der Waals surface area contributed by atoms with Gasteiger partial charge in [0.2, 0.25) is 0 Å². The van der Waals surface area contributed by atoms with Gasteiger partial charge >= 0.3 is 0 Å². The van der Waals surface area contributed by atoms with Gasteiger partial charge in [0.15, 0.2) is 5.16 Å². The normalized spacial score (nSPS) is 10.4. The number of hydrazine groups is 1. The second-order valence-electron chi connectivity index (χ2n) is 6.24. The molecule has 1 aromatic carbocycles. The lowest BCUT2D eigenvalue weighted by Crippen LogP contribution is -2.41. The summed E-state index contributed by atoms with van der Waals surface area (Å²) in [4.78, 5) is 35.9. The number of aromatic nitrogens is 3. The number of benzene rings is 1. The van der Waals surface area contributed by atoms with E-state index in [0.29, 0.717) is 16.0 Å². The lowest BCUT2D eigenvalue weighted by Gasteiger charge is -2.08. The van der Waals surface area contributed by atoms with Gasteiger partial charge in [-0.3, -0.25) is 20.4 Å². The quantitative estimate of drug-likeness (QED) is 0.250. The number of rotatable bonds is 5. The number of aryl methyl sites for hydroxylation is 2. The van der Waals surface area contributed by atoms with E-state index in [1.165, 1.54) is 11.8 Å². The maximum absolute atomic E-state index is 12.2. The van der Waals surface area contributed by atoms with Crippen LogP contribution < -0.4 is 10.9 Å². The van der Waals surface area contributed by atoms with Gasteiger partial charge in [-0.2, -0.15) is 0 Å². The maximum atomic E-state index is 12.2. The van der Waals surface area contributed by atoms with Crippen molar-refractivity contribution < 1.29 is 9.59 Å². The van der Waals surface area contributed by atoms with Crippen LogP contribution in [-0.4, -0.2) is 26.8 Å². The van der Waals surface area contributed by atoms with Crippen LogP contribution in [-0.2, 0) is 5.75 Å². The van der Waals surface area contributed by atoms with Crippen molar-refractivity contribution in [1.82, 2.24) is 25.8 Å². The van der Waals surface area contributed by atoms with Gasteiger partial charge in [0.25, 0.3) is 11.8 Å². The number of nitrogens with zero attached hydrogens (tertiary/aromatic N) is 2. The molecule has 0 atom stereocenters. The lowest BCUT2D eigenvalue weighted by molar-refractivity contribution is 0.0846. The first-order chi connectivity index (χ1) is 13.9. The van der Waals surface area contributed by atoms with Gasteiger partial charge in [-0.1, -0.05) is 36.1 Å². The molecule has 0 bridgehead atoms. The summed E-state index contributed by atoms with van der Waals surface area (Å²) in [5, 5.41) is 0.728. The van der Waals surface area contributed by atoms with E-state index >= 15 is 0 Å². The van der Waals surface area contributed by atoms with Gasteiger partial charge in [0, 0.05) is 28.9 Å². The van der Waals surface area contributed by atoms with Crippen molar-refractivity contribution >= 4 is 35.8 Å². The number of nitrogens with one attached hydrogen (secondary N) is 3. The molecule has 0 radical (unpaired) electrons. The molecule has 29 heavy (non-hydrogen) atoms. The van der Waals surface area contributed by atoms with Crippen LogP contribution in [0, 0.1) is 18.5 Å². The van der Waals surface area contributed by atoms with Crippen LogP contribution in [0.2, 0.25) is 0 Å². The Morgan fingerprint density at radius 1 is 1.03 bits per heavy atom. The highest BCUT2D eigenvalue weighted by Crippen LogP contribution is 2.20. The molecule has 0 aliphatic rings. The van der Waals surface area contributed by atoms with Gasteiger partial charge < -0.3 is 4.98 Å². The molecular weight excluding hydrogens is 406 g/mol. The SMILES string of the molecule is Cc1cc(C)nc(SCc2ccc(C(=O)NNC(=O)c3ccc[nH]c3=S)cc2)n1. The second-order valence-corrected chi connectivity index (χ2v) is 7.59. The molecular formula is C20H19N5O2S2. The minimum absolute atomic E-state index is 0.281. The van der Waals surface area contributed by atoms with Crippen LogP contribution in [0.3, 0.4) is 0 Å². The Hall–Kier alpha value is -3.04. The first-order valence-electron chi connectivity index (χ1n) is 8.75. The number of hydrogen-bond acceptors (Lipinski definition) is 6. The highest BCUT2D eigenvalue weighted by molar-refractivity contribution is 7.98. The molecule has 9 heteroatoms. The number of hydrogen-bond donors (Lipinski definition) is 3. The van der Waals surface area contributed by atoms with Crippen molar-refractivity contribution in [2.24, 2.45) is 0 Å². The minimum Gasteiger partial charge on any atom is -0.352 e. The fourth-order valence-corrected chi connectivity index (χ4v) is 3.65. The number of carbonyl (C=O) groups excluding carboxylic acids is 2. The number of aromatic amines is 1. The molecule has 148 valence electrons. The molecule has 3 N–H and O–H groups in total. The maximum Gasteiger partial charge on any atom is 0.272 e. The molecule has 0 unspecified atom stereocenters. The van der Waals surface area contributed by atoms with Gasteiger partial charge in [0.05, 0.1) is 5.56 Å². The van der Waals surface area contributed by atoms with E-state index in [4.69, 9.17) is 12.2 Å². The topological polar surface area (TPSA) is 99.8 Å². The largest absolute Gasteiger partial charge is 0.352 e. The summed E-state index contributed by atoms with van der Waals surface area (Å²) in [6.07, 6.45) is 1.63. The summed E-state index contributed by atoms with van der Waals surface area (Å²) < 4.78 is 0.300. The Kier molecular flexibility index (Phi) is 6.73. The Labute approximate surface area is 177 Å². The zero-order chi connectivity index (χ0) is 20.8. The van der Waals surface area contributed by atoms with Crippen LogP contribution in [0.1, 0.15) is 37.7 Å². The molecule has 2 amide bonds. The number of thioether (sulfide) groups is 1. The molecule has 0 aliphatic carbocycles. The highest BCUT2D eigenvalue weighted by Gasteiger charge is 2.10. The fraction of sp³-hybridized carbons (Fsp3) is 0.150. The highest BCUT2D eigenvalue weighted by atomic mass is 32.2. The second kappa shape index (κ2) is 9.44. The van der Waals surface area contributed by atoms with Gasteiger partial charge in [-0.05, 0) is 49.7 Å².